The second-order valence-electron chi connectivity index (χ2n) is 7.13. The number of para-hydroxylation sites is 2. The number of nitrogens with zero attached hydrogens (tertiary/aromatic N) is 1. The first-order valence-electron chi connectivity index (χ1n) is 9.41. The minimum absolute atomic E-state index is 0.135. The van der Waals surface area contributed by atoms with E-state index in [1.165, 1.54) is 6.07 Å². The lowest BCUT2D eigenvalue weighted by molar-refractivity contribution is -0.132. The highest BCUT2D eigenvalue weighted by Gasteiger charge is 2.25. The number of benzene rings is 2. The average molecular weight is 366 g/mol. The molecule has 1 amide bonds. The Morgan fingerprint density at radius 2 is 2.00 bits per heavy atom. The molecular weight excluding hydrogens is 343 g/mol. The van der Waals surface area contributed by atoms with Gasteiger partial charge < -0.3 is 14.6 Å². The van der Waals surface area contributed by atoms with Crippen LogP contribution < -0.4 is 4.74 Å². The lowest BCUT2D eigenvalue weighted by atomic mass is 9.98. The molecule has 27 heavy (non-hydrogen) atoms. The maximum Gasteiger partial charge on any atom is 0.227 e. The molecule has 1 unspecified atom stereocenters. The van der Waals surface area contributed by atoms with Gasteiger partial charge in [-0.3, -0.25) is 4.79 Å². The van der Waals surface area contributed by atoms with E-state index >= 15 is 0 Å². The van der Waals surface area contributed by atoms with Crippen molar-refractivity contribution in [3.8, 4) is 5.75 Å². The highest BCUT2D eigenvalue weighted by atomic mass is 19.1. The number of hydrogen-bond donors (Lipinski definition) is 1. The summed E-state index contributed by atoms with van der Waals surface area (Å²) < 4.78 is 19.3. The van der Waals surface area contributed by atoms with Crippen LogP contribution in [0.15, 0.2) is 54.7 Å². The minimum atomic E-state index is -0.347. The van der Waals surface area contributed by atoms with Gasteiger partial charge in [0, 0.05) is 36.1 Å². The number of halogens is 1. The van der Waals surface area contributed by atoms with Crippen LogP contribution in [0.3, 0.4) is 0 Å². The van der Waals surface area contributed by atoms with Crippen molar-refractivity contribution in [2.45, 2.75) is 19.3 Å². The third-order valence-corrected chi connectivity index (χ3v) is 5.20. The quantitative estimate of drug-likeness (QED) is 0.737. The number of carbonyl (C=O) groups is 1. The van der Waals surface area contributed by atoms with E-state index in [9.17, 15) is 9.18 Å². The van der Waals surface area contributed by atoms with Crippen LogP contribution in [0, 0.1) is 11.7 Å². The van der Waals surface area contributed by atoms with Gasteiger partial charge in [-0.25, -0.2) is 4.39 Å². The predicted molar refractivity (Wildman–Crippen MR) is 103 cm³/mol. The Hall–Kier alpha value is -2.82. The lowest BCUT2D eigenvalue weighted by Crippen LogP contribution is -2.42. The number of nitrogens with one attached hydrogen (secondary N) is 1. The van der Waals surface area contributed by atoms with E-state index in [1.54, 1.807) is 18.2 Å². The van der Waals surface area contributed by atoms with Crippen LogP contribution in [-0.4, -0.2) is 35.5 Å². The summed E-state index contributed by atoms with van der Waals surface area (Å²) in [6.45, 7) is 1.87. The molecule has 1 atom stereocenters. The smallest absolute Gasteiger partial charge is 0.227 e. The molecule has 0 spiro atoms. The molecule has 5 heteroatoms. The second-order valence-corrected chi connectivity index (χ2v) is 7.13. The molecular formula is C22H23FN2O2. The second kappa shape index (κ2) is 7.82. The third kappa shape index (κ3) is 3.97. The Labute approximate surface area is 157 Å². The summed E-state index contributed by atoms with van der Waals surface area (Å²) in [6, 6.07) is 14.5. The van der Waals surface area contributed by atoms with Gasteiger partial charge >= 0.3 is 0 Å². The summed E-state index contributed by atoms with van der Waals surface area (Å²) in [7, 11) is 0. The van der Waals surface area contributed by atoms with E-state index in [0.717, 1.165) is 35.9 Å². The largest absolute Gasteiger partial charge is 0.490 e. The summed E-state index contributed by atoms with van der Waals surface area (Å²) in [6.07, 6.45) is 4.26. The molecule has 1 aromatic heterocycles. The zero-order valence-electron chi connectivity index (χ0n) is 15.2. The zero-order chi connectivity index (χ0) is 18.6. The molecule has 1 N–H and O–H groups in total. The SMILES string of the molecule is O=C(Cc1c[nH]c2ccccc12)N1CCCC(COc2ccccc2F)C1. The monoisotopic (exact) mass is 366 g/mol. The van der Waals surface area contributed by atoms with Crippen LogP contribution in [0.4, 0.5) is 4.39 Å². The molecule has 3 aromatic rings. The van der Waals surface area contributed by atoms with Gasteiger partial charge in [-0.1, -0.05) is 30.3 Å². The van der Waals surface area contributed by atoms with Crippen molar-refractivity contribution in [2.75, 3.05) is 19.7 Å². The van der Waals surface area contributed by atoms with Gasteiger partial charge in [0.1, 0.15) is 0 Å². The molecule has 1 aliphatic heterocycles. The van der Waals surface area contributed by atoms with Gasteiger partial charge in [0.15, 0.2) is 11.6 Å². The van der Waals surface area contributed by atoms with E-state index in [4.69, 9.17) is 4.74 Å². The van der Waals surface area contributed by atoms with Gasteiger partial charge in [0.25, 0.3) is 0 Å². The zero-order valence-corrected chi connectivity index (χ0v) is 15.2. The topological polar surface area (TPSA) is 45.3 Å². The van der Waals surface area contributed by atoms with Crippen LogP contribution in [-0.2, 0) is 11.2 Å². The summed E-state index contributed by atoms with van der Waals surface area (Å²) >= 11 is 0. The molecule has 1 aliphatic rings. The highest BCUT2D eigenvalue weighted by Crippen LogP contribution is 2.23. The number of likely N-dealkylation sites (tertiary alicyclic amines) is 1. The normalized spacial score (nSPS) is 17.2. The first-order chi connectivity index (χ1) is 13.2. The molecule has 1 fully saturated rings. The van der Waals surface area contributed by atoms with Crippen molar-refractivity contribution in [1.82, 2.24) is 9.88 Å². The molecule has 2 aromatic carbocycles. The van der Waals surface area contributed by atoms with Crippen molar-refractivity contribution in [3.05, 3.63) is 66.1 Å². The molecule has 0 bridgehead atoms. The van der Waals surface area contributed by atoms with Crippen molar-refractivity contribution in [3.63, 3.8) is 0 Å². The van der Waals surface area contributed by atoms with Gasteiger partial charge in [0.05, 0.1) is 13.0 Å². The molecule has 0 aliphatic carbocycles. The van der Waals surface area contributed by atoms with Crippen molar-refractivity contribution in [1.29, 1.82) is 0 Å². The Balaban J connectivity index is 1.36. The predicted octanol–water partition coefficient (Wildman–Crippen LogP) is 4.17. The number of aromatic nitrogens is 1. The number of H-pyrrole nitrogens is 1. The first-order valence-corrected chi connectivity index (χ1v) is 9.41. The maximum atomic E-state index is 13.7. The summed E-state index contributed by atoms with van der Waals surface area (Å²) in [5.74, 6) is 0.293. The van der Waals surface area contributed by atoms with Gasteiger partial charge in [-0.15, -0.1) is 0 Å². The molecule has 1 saturated heterocycles. The van der Waals surface area contributed by atoms with Crippen LogP contribution in [0.2, 0.25) is 0 Å². The number of amides is 1. The molecule has 0 saturated carbocycles. The molecule has 2 heterocycles. The molecule has 4 rings (SSSR count). The standard InChI is InChI=1S/C22H23FN2O2/c23-19-8-2-4-10-21(19)27-15-16-6-5-11-25(14-16)22(26)12-17-13-24-20-9-3-1-7-18(17)20/h1-4,7-10,13,16,24H,5-6,11-12,14-15H2. The van der Waals surface area contributed by atoms with Gasteiger partial charge in [-0.2, -0.15) is 0 Å². The fraction of sp³-hybridized carbons (Fsp3) is 0.318. The Bertz CT molecular complexity index is 937. The number of rotatable bonds is 5. The van der Waals surface area contributed by atoms with Gasteiger partial charge in [-0.05, 0) is 36.6 Å². The van der Waals surface area contributed by atoms with E-state index < -0.39 is 0 Å². The van der Waals surface area contributed by atoms with Gasteiger partial charge in [0.2, 0.25) is 5.91 Å². The Morgan fingerprint density at radius 3 is 2.89 bits per heavy atom. The van der Waals surface area contributed by atoms with Crippen LogP contribution in [0.5, 0.6) is 5.75 Å². The fourth-order valence-electron chi connectivity index (χ4n) is 3.75. The number of piperidine rings is 1. The highest BCUT2D eigenvalue weighted by molar-refractivity contribution is 5.88. The Kier molecular flexibility index (Phi) is 5.10. The van der Waals surface area contributed by atoms with E-state index in [-0.39, 0.29) is 23.4 Å². The van der Waals surface area contributed by atoms with Crippen molar-refractivity contribution >= 4 is 16.8 Å². The van der Waals surface area contributed by atoms with Crippen LogP contribution >= 0.6 is 0 Å². The molecule has 140 valence electrons. The summed E-state index contributed by atoms with van der Waals surface area (Å²) in [5, 5.41) is 1.10. The molecule has 4 nitrogen and oxygen atoms in total. The first kappa shape index (κ1) is 17.6. The van der Waals surface area contributed by atoms with Crippen molar-refractivity contribution < 1.29 is 13.9 Å². The summed E-state index contributed by atoms with van der Waals surface area (Å²) in [4.78, 5) is 17.9. The lowest BCUT2D eigenvalue weighted by Gasteiger charge is -2.32. The maximum absolute atomic E-state index is 13.7. The molecule has 0 radical (unpaired) electrons. The summed E-state index contributed by atoms with van der Waals surface area (Å²) in [5.41, 5.74) is 2.08. The fourth-order valence-corrected chi connectivity index (χ4v) is 3.75. The Morgan fingerprint density at radius 1 is 1.19 bits per heavy atom. The van der Waals surface area contributed by atoms with Crippen molar-refractivity contribution in [2.24, 2.45) is 5.92 Å². The number of fused-ring (bicyclic) bond motifs is 1. The van der Waals surface area contributed by atoms with Crippen LogP contribution in [0.1, 0.15) is 18.4 Å². The van der Waals surface area contributed by atoms with E-state index in [0.29, 0.717) is 19.6 Å². The number of ether oxygens (including phenoxy) is 1. The third-order valence-electron chi connectivity index (χ3n) is 5.20. The van der Waals surface area contributed by atoms with E-state index in [1.807, 2.05) is 35.4 Å². The number of carbonyl (C=O) groups excluding carboxylic acids is 1. The van der Waals surface area contributed by atoms with E-state index in [2.05, 4.69) is 4.98 Å². The number of aromatic amines is 1. The number of hydrogen-bond acceptors (Lipinski definition) is 2. The van der Waals surface area contributed by atoms with Crippen LogP contribution in [0.25, 0.3) is 10.9 Å². The minimum Gasteiger partial charge on any atom is -0.490 e. The average Bonchev–Trinajstić information content (AvgIpc) is 3.10.